The first-order valence-corrected chi connectivity index (χ1v) is 5.01. The molecule has 1 rings (SSSR count). The van der Waals surface area contributed by atoms with E-state index in [9.17, 15) is 0 Å². The maximum Gasteiger partial charge on any atom is 0.0556 e. The first-order valence-electron chi connectivity index (χ1n) is 3.85. The number of rotatable bonds is 3. The summed E-state index contributed by atoms with van der Waals surface area (Å²) in [4.78, 5) is 0. The molecular formula is C7H15NOS. The maximum atomic E-state index is 8.53. The Kier molecular flexibility index (Phi) is 4.18. The minimum atomic E-state index is 0.268. The fourth-order valence-electron chi connectivity index (χ4n) is 1.17. The van der Waals surface area contributed by atoms with Crippen molar-refractivity contribution in [2.45, 2.75) is 18.9 Å². The predicted octanol–water partition coefficient (Wildman–Crippen LogP) is 0.464. The standard InChI is InChI=1S/C7H15NOS/c9-4-3-8-7-1-5-10-6-2-7/h7-9H,1-6H2. The summed E-state index contributed by atoms with van der Waals surface area (Å²) in [6.07, 6.45) is 2.54. The van der Waals surface area contributed by atoms with Crippen LogP contribution in [-0.4, -0.2) is 35.8 Å². The molecule has 0 radical (unpaired) electrons. The molecule has 1 fully saturated rings. The van der Waals surface area contributed by atoms with Crippen LogP contribution in [-0.2, 0) is 0 Å². The molecule has 0 aliphatic carbocycles. The van der Waals surface area contributed by atoms with E-state index in [0.29, 0.717) is 6.04 Å². The third-order valence-corrected chi connectivity index (χ3v) is 2.81. The molecule has 1 aliphatic heterocycles. The molecule has 0 aromatic heterocycles. The van der Waals surface area contributed by atoms with Gasteiger partial charge in [0.25, 0.3) is 0 Å². The van der Waals surface area contributed by atoms with Crippen LogP contribution < -0.4 is 5.32 Å². The molecule has 0 aromatic carbocycles. The van der Waals surface area contributed by atoms with Gasteiger partial charge in [-0.1, -0.05) is 0 Å². The Bertz CT molecular complexity index is 83.7. The molecule has 1 heterocycles. The number of hydrogen-bond donors (Lipinski definition) is 2. The van der Waals surface area contributed by atoms with E-state index >= 15 is 0 Å². The summed E-state index contributed by atoms with van der Waals surface area (Å²) >= 11 is 2.03. The van der Waals surface area contributed by atoms with E-state index in [0.717, 1.165) is 6.54 Å². The predicted molar refractivity (Wildman–Crippen MR) is 45.4 cm³/mol. The number of thioether (sulfide) groups is 1. The lowest BCUT2D eigenvalue weighted by Gasteiger charge is -2.21. The summed E-state index contributed by atoms with van der Waals surface area (Å²) in [7, 11) is 0. The summed E-state index contributed by atoms with van der Waals surface area (Å²) in [6, 6.07) is 0.674. The third-order valence-electron chi connectivity index (χ3n) is 1.77. The topological polar surface area (TPSA) is 32.3 Å². The van der Waals surface area contributed by atoms with Crippen LogP contribution in [0.4, 0.5) is 0 Å². The van der Waals surface area contributed by atoms with Gasteiger partial charge in [-0.05, 0) is 24.3 Å². The molecule has 0 spiro atoms. The molecule has 0 bridgehead atoms. The van der Waals surface area contributed by atoms with Crippen molar-refractivity contribution in [3.05, 3.63) is 0 Å². The van der Waals surface area contributed by atoms with E-state index in [1.807, 2.05) is 11.8 Å². The zero-order chi connectivity index (χ0) is 7.23. The first-order chi connectivity index (χ1) is 4.93. The van der Waals surface area contributed by atoms with E-state index in [-0.39, 0.29) is 6.61 Å². The Labute approximate surface area is 66.4 Å². The van der Waals surface area contributed by atoms with Gasteiger partial charge in [0.2, 0.25) is 0 Å². The highest BCUT2D eigenvalue weighted by molar-refractivity contribution is 7.99. The summed E-state index contributed by atoms with van der Waals surface area (Å²) < 4.78 is 0. The van der Waals surface area contributed by atoms with Crippen molar-refractivity contribution < 1.29 is 5.11 Å². The fourth-order valence-corrected chi connectivity index (χ4v) is 2.28. The van der Waals surface area contributed by atoms with Crippen molar-refractivity contribution in [2.24, 2.45) is 0 Å². The van der Waals surface area contributed by atoms with Crippen LogP contribution in [0.15, 0.2) is 0 Å². The lowest BCUT2D eigenvalue weighted by molar-refractivity contribution is 0.282. The number of hydrogen-bond acceptors (Lipinski definition) is 3. The average molecular weight is 161 g/mol. The van der Waals surface area contributed by atoms with Crippen LogP contribution in [0, 0.1) is 0 Å². The zero-order valence-electron chi connectivity index (χ0n) is 6.18. The highest BCUT2D eigenvalue weighted by atomic mass is 32.2. The monoisotopic (exact) mass is 161 g/mol. The second-order valence-corrected chi connectivity index (χ2v) is 3.79. The summed E-state index contributed by atoms with van der Waals surface area (Å²) in [5.74, 6) is 2.56. The van der Waals surface area contributed by atoms with Gasteiger partial charge < -0.3 is 10.4 Å². The van der Waals surface area contributed by atoms with Gasteiger partial charge in [-0.3, -0.25) is 0 Å². The molecule has 0 unspecified atom stereocenters. The Morgan fingerprint density at radius 1 is 1.40 bits per heavy atom. The lowest BCUT2D eigenvalue weighted by atomic mass is 10.1. The highest BCUT2D eigenvalue weighted by Crippen LogP contribution is 2.16. The van der Waals surface area contributed by atoms with Gasteiger partial charge in [0.05, 0.1) is 6.61 Å². The Morgan fingerprint density at radius 2 is 2.10 bits per heavy atom. The second kappa shape index (κ2) is 4.99. The maximum absolute atomic E-state index is 8.53. The quantitative estimate of drug-likeness (QED) is 0.631. The van der Waals surface area contributed by atoms with E-state index in [4.69, 9.17) is 5.11 Å². The number of aliphatic hydroxyl groups excluding tert-OH is 1. The van der Waals surface area contributed by atoms with Crippen LogP contribution in [0.25, 0.3) is 0 Å². The Balaban J connectivity index is 2.02. The van der Waals surface area contributed by atoms with Crippen LogP contribution in [0.1, 0.15) is 12.8 Å². The zero-order valence-corrected chi connectivity index (χ0v) is 6.99. The van der Waals surface area contributed by atoms with E-state index in [1.165, 1.54) is 24.3 Å². The van der Waals surface area contributed by atoms with Crippen molar-refractivity contribution >= 4 is 11.8 Å². The van der Waals surface area contributed by atoms with Crippen molar-refractivity contribution in [2.75, 3.05) is 24.7 Å². The molecule has 0 saturated carbocycles. The van der Waals surface area contributed by atoms with Gasteiger partial charge in [-0.25, -0.2) is 0 Å². The second-order valence-electron chi connectivity index (χ2n) is 2.56. The largest absolute Gasteiger partial charge is 0.395 e. The highest BCUT2D eigenvalue weighted by Gasteiger charge is 2.11. The van der Waals surface area contributed by atoms with E-state index < -0.39 is 0 Å². The number of nitrogens with one attached hydrogen (secondary N) is 1. The fraction of sp³-hybridized carbons (Fsp3) is 1.00. The van der Waals surface area contributed by atoms with Gasteiger partial charge >= 0.3 is 0 Å². The normalized spacial score (nSPS) is 21.3. The summed E-state index contributed by atoms with van der Waals surface area (Å²) in [5.41, 5.74) is 0. The summed E-state index contributed by atoms with van der Waals surface area (Å²) in [5, 5.41) is 11.8. The lowest BCUT2D eigenvalue weighted by Crippen LogP contribution is -2.34. The molecule has 60 valence electrons. The van der Waals surface area contributed by atoms with Crippen LogP contribution in [0.2, 0.25) is 0 Å². The minimum Gasteiger partial charge on any atom is -0.395 e. The van der Waals surface area contributed by atoms with E-state index in [2.05, 4.69) is 5.32 Å². The minimum absolute atomic E-state index is 0.268. The van der Waals surface area contributed by atoms with Crippen molar-refractivity contribution in [1.82, 2.24) is 5.32 Å². The van der Waals surface area contributed by atoms with Crippen molar-refractivity contribution in [3.63, 3.8) is 0 Å². The van der Waals surface area contributed by atoms with Crippen molar-refractivity contribution in [3.8, 4) is 0 Å². The molecule has 2 nitrogen and oxygen atoms in total. The van der Waals surface area contributed by atoms with E-state index in [1.54, 1.807) is 0 Å². The smallest absolute Gasteiger partial charge is 0.0556 e. The van der Waals surface area contributed by atoms with Gasteiger partial charge in [0, 0.05) is 12.6 Å². The molecule has 0 amide bonds. The molecule has 0 atom stereocenters. The van der Waals surface area contributed by atoms with Gasteiger partial charge in [0.15, 0.2) is 0 Å². The van der Waals surface area contributed by atoms with Crippen LogP contribution in [0.3, 0.4) is 0 Å². The van der Waals surface area contributed by atoms with Gasteiger partial charge in [-0.2, -0.15) is 11.8 Å². The molecule has 1 saturated heterocycles. The Morgan fingerprint density at radius 3 is 2.70 bits per heavy atom. The van der Waals surface area contributed by atoms with Crippen LogP contribution >= 0.6 is 11.8 Å². The molecule has 0 aromatic rings. The molecule has 2 N–H and O–H groups in total. The molecule has 3 heteroatoms. The molecular weight excluding hydrogens is 146 g/mol. The van der Waals surface area contributed by atoms with Crippen molar-refractivity contribution in [1.29, 1.82) is 0 Å². The van der Waals surface area contributed by atoms with Gasteiger partial charge in [-0.15, -0.1) is 0 Å². The Hall–Kier alpha value is 0.270. The average Bonchev–Trinajstić information content (AvgIpc) is 2.03. The molecule has 10 heavy (non-hydrogen) atoms. The summed E-state index contributed by atoms with van der Waals surface area (Å²) in [6.45, 7) is 1.03. The molecule has 1 aliphatic rings. The van der Waals surface area contributed by atoms with Gasteiger partial charge in [0.1, 0.15) is 0 Å². The first kappa shape index (κ1) is 8.37. The van der Waals surface area contributed by atoms with Crippen LogP contribution in [0.5, 0.6) is 0 Å². The SMILES string of the molecule is OCCNC1CCSCC1. The third kappa shape index (κ3) is 2.90. The number of aliphatic hydroxyl groups is 1.